The van der Waals surface area contributed by atoms with Crippen molar-refractivity contribution in [3.05, 3.63) is 33.9 Å². The summed E-state index contributed by atoms with van der Waals surface area (Å²) < 4.78 is 0. The summed E-state index contributed by atoms with van der Waals surface area (Å²) in [6.45, 7) is 1.18. The van der Waals surface area contributed by atoms with Crippen LogP contribution in [-0.2, 0) is 4.79 Å². The van der Waals surface area contributed by atoms with Crippen LogP contribution in [0.25, 0.3) is 0 Å². The van der Waals surface area contributed by atoms with E-state index in [1.807, 2.05) is 0 Å². The number of nitrogens with one attached hydrogen (secondary N) is 1. The SMILES string of the molecule is CC(=O)CNC(=O)c1cccc([N+](=O)[O-])c1N. The van der Waals surface area contributed by atoms with Crippen LogP contribution in [-0.4, -0.2) is 23.2 Å². The van der Waals surface area contributed by atoms with Crippen LogP contribution in [0.5, 0.6) is 0 Å². The van der Waals surface area contributed by atoms with Gasteiger partial charge in [-0.1, -0.05) is 6.07 Å². The van der Waals surface area contributed by atoms with Crippen molar-refractivity contribution in [1.29, 1.82) is 0 Å². The second kappa shape index (κ2) is 5.06. The van der Waals surface area contributed by atoms with Gasteiger partial charge in [0.2, 0.25) is 0 Å². The Morgan fingerprint density at radius 3 is 2.65 bits per heavy atom. The zero-order chi connectivity index (χ0) is 13.0. The Kier molecular flexibility index (Phi) is 3.76. The molecule has 0 fully saturated rings. The number of nitrogen functional groups attached to an aromatic ring is 1. The molecule has 0 saturated carbocycles. The Bertz CT molecular complexity index is 484. The van der Waals surface area contributed by atoms with Crippen LogP contribution >= 0.6 is 0 Å². The fourth-order valence-electron chi connectivity index (χ4n) is 1.21. The molecule has 0 aliphatic rings. The van der Waals surface area contributed by atoms with Gasteiger partial charge in [-0.05, 0) is 13.0 Å². The Morgan fingerprint density at radius 2 is 2.12 bits per heavy atom. The molecule has 0 aromatic heterocycles. The number of amides is 1. The van der Waals surface area contributed by atoms with Crippen molar-refractivity contribution < 1.29 is 14.5 Å². The molecule has 0 atom stereocenters. The standard InChI is InChI=1S/C10H11N3O4/c1-6(14)5-12-10(15)7-3-2-4-8(9(7)11)13(16)17/h2-4H,5,11H2,1H3,(H,12,15). The van der Waals surface area contributed by atoms with Gasteiger partial charge in [0, 0.05) is 6.07 Å². The number of hydrogen-bond acceptors (Lipinski definition) is 5. The molecule has 1 aromatic carbocycles. The number of nitro groups is 1. The number of Topliss-reactive ketones (excluding diaryl/α,β-unsaturated/α-hetero) is 1. The van der Waals surface area contributed by atoms with E-state index < -0.39 is 10.8 Å². The fourth-order valence-corrected chi connectivity index (χ4v) is 1.21. The van der Waals surface area contributed by atoms with Crippen molar-refractivity contribution in [3.8, 4) is 0 Å². The van der Waals surface area contributed by atoms with Gasteiger partial charge in [-0.3, -0.25) is 19.7 Å². The van der Waals surface area contributed by atoms with Crippen LogP contribution in [0.1, 0.15) is 17.3 Å². The van der Waals surface area contributed by atoms with Crippen LogP contribution in [0.15, 0.2) is 18.2 Å². The lowest BCUT2D eigenvalue weighted by molar-refractivity contribution is -0.383. The molecule has 0 radical (unpaired) electrons. The number of carbonyl (C=O) groups excluding carboxylic acids is 2. The topological polar surface area (TPSA) is 115 Å². The number of para-hydroxylation sites is 1. The van der Waals surface area contributed by atoms with E-state index >= 15 is 0 Å². The van der Waals surface area contributed by atoms with Crippen molar-refractivity contribution in [3.63, 3.8) is 0 Å². The normalized spacial score (nSPS) is 9.71. The first-order valence-electron chi connectivity index (χ1n) is 4.74. The fraction of sp³-hybridized carbons (Fsp3) is 0.200. The molecule has 7 heteroatoms. The zero-order valence-corrected chi connectivity index (χ0v) is 9.10. The monoisotopic (exact) mass is 237 g/mol. The lowest BCUT2D eigenvalue weighted by atomic mass is 10.1. The van der Waals surface area contributed by atoms with Crippen molar-refractivity contribution in [2.24, 2.45) is 0 Å². The van der Waals surface area contributed by atoms with E-state index in [0.717, 1.165) is 0 Å². The van der Waals surface area contributed by atoms with Crippen molar-refractivity contribution >= 4 is 23.1 Å². The number of carbonyl (C=O) groups is 2. The predicted molar refractivity (Wildman–Crippen MR) is 60.5 cm³/mol. The number of rotatable bonds is 4. The van der Waals surface area contributed by atoms with Gasteiger partial charge in [0.1, 0.15) is 11.5 Å². The molecule has 0 aliphatic heterocycles. The number of nitrogens with zero attached hydrogens (tertiary/aromatic N) is 1. The van der Waals surface area contributed by atoms with Gasteiger partial charge in [0.25, 0.3) is 11.6 Å². The third-order valence-corrected chi connectivity index (χ3v) is 2.02. The third-order valence-electron chi connectivity index (χ3n) is 2.02. The van der Waals surface area contributed by atoms with Crippen molar-refractivity contribution in [1.82, 2.24) is 5.32 Å². The molecule has 0 aliphatic carbocycles. The van der Waals surface area contributed by atoms with E-state index in [4.69, 9.17) is 5.73 Å². The van der Waals surface area contributed by atoms with Crippen molar-refractivity contribution in [2.45, 2.75) is 6.92 Å². The first kappa shape index (κ1) is 12.6. The highest BCUT2D eigenvalue weighted by molar-refractivity contribution is 6.02. The van der Waals surface area contributed by atoms with Crippen LogP contribution in [0.2, 0.25) is 0 Å². The van der Waals surface area contributed by atoms with E-state index in [1.165, 1.54) is 25.1 Å². The van der Waals surface area contributed by atoms with Gasteiger partial charge in [0.05, 0.1) is 17.0 Å². The summed E-state index contributed by atoms with van der Waals surface area (Å²) in [5.41, 5.74) is 4.95. The summed E-state index contributed by atoms with van der Waals surface area (Å²) in [5, 5.41) is 12.9. The molecule has 1 aromatic rings. The molecular formula is C10H11N3O4. The molecule has 0 saturated heterocycles. The quantitative estimate of drug-likeness (QED) is 0.449. The van der Waals surface area contributed by atoms with Gasteiger partial charge in [-0.15, -0.1) is 0 Å². The Hall–Kier alpha value is -2.44. The number of ketones is 1. The zero-order valence-electron chi connectivity index (χ0n) is 9.10. The lowest BCUT2D eigenvalue weighted by Crippen LogP contribution is -2.29. The number of anilines is 1. The number of nitro benzene ring substituents is 1. The van der Waals surface area contributed by atoms with Gasteiger partial charge in [-0.25, -0.2) is 0 Å². The molecular weight excluding hydrogens is 226 g/mol. The second-order valence-corrected chi connectivity index (χ2v) is 3.38. The first-order valence-corrected chi connectivity index (χ1v) is 4.74. The minimum absolute atomic E-state index is 0.0135. The minimum Gasteiger partial charge on any atom is -0.393 e. The highest BCUT2D eigenvalue weighted by Crippen LogP contribution is 2.24. The maximum Gasteiger partial charge on any atom is 0.292 e. The maximum absolute atomic E-state index is 11.6. The van der Waals surface area contributed by atoms with E-state index in [-0.39, 0.29) is 29.3 Å². The molecule has 0 heterocycles. The molecule has 0 unspecified atom stereocenters. The summed E-state index contributed by atoms with van der Waals surface area (Å²) in [6.07, 6.45) is 0. The Morgan fingerprint density at radius 1 is 1.47 bits per heavy atom. The average Bonchev–Trinajstić information content (AvgIpc) is 2.25. The first-order chi connectivity index (χ1) is 7.93. The van der Waals surface area contributed by atoms with E-state index in [9.17, 15) is 19.7 Å². The van der Waals surface area contributed by atoms with Gasteiger partial charge in [-0.2, -0.15) is 0 Å². The Labute approximate surface area is 96.8 Å². The van der Waals surface area contributed by atoms with Crippen LogP contribution < -0.4 is 11.1 Å². The van der Waals surface area contributed by atoms with E-state index in [2.05, 4.69) is 5.32 Å². The molecule has 1 amide bonds. The summed E-state index contributed by atoms with van der Waals surface area (Å²) in [7, 11) is 0. The predicted octanol–water partition coefficient (Wildman–Crippen LogP) is 0.496. The van der Waals surface area contributed by atoms with E-state index in [1.54, 1.807) is 0 Å². The maximum atomic E-state index is 11.6. The van der Waals surface area contributed by atoms with Gasteiger partial charge in [0.15, 0.2) is 0 Å². The summed E-state index contributed by atoms with van der Waals surface area (Å²) >= 11 is 0. The largest absolute Gasteiger partial charge is 0.393 e. The summed E-state index contributed by atoms with van der Waals surface area (Å²) in [4.78, 5) is 32.2. The highest BCUT2D eigenvalue weighted by Gasteiger charge is 2.18. The molecule has 0 spiro atoms. The Balaban J connectivity index is 2.98. The van der Waals surface area contributed by atoms with Crippen LogP contribution in [0.4, 0.5) is 11.4 Å². The van der Waals surface area contributed by atoms with Crippen molar-refractivity contribution in [2.75, 3.05) is 12.3 Å². The third kappa shape index (κ3) is 3.00. The summed E-state index contributed by atoms with van der Waals surface area (Å²) in [5.74, 6) is -0.830. The number of nitrogens with two attached hydrogens (primary N) is 1. The molecule has 17 heavy (non-hydrogen) atoms. The molecule has 3 N–H and O–H groups in total. The summed E-state index contributed by atoms with van der Waals surface area (Å²) in [6, 6.07) is 3.92. The minimum atomic E-state index is -0.670. The lowest BCUT2D eigenvalue weighted by Gasteiger charge is -2.06. The second-order valence-electron chi connectivity index (χ2n) is 3.38. The van der Waals surface area contributed by atoms with Crippen LogP contribution in [0, 0.1) is 10.1 Å². The van der Waals surface area contributed by atoms with Crippen LogP contribution in [0.3, 0.4) is 0 Å². The highest BCUT2D eigenvalue weighted by atomic mass is 16.6. The molecule has 1 rings (SSSR count). The van der Waals surface area contributed by atoms with Gasteiger partial charge < -0.3 is 11.1 Å². The average molecular weight is 237 g/mol. The number of benzene rings is 1. The number of hydrogen-bond donors (Lipinski definition) is 2. The smallest absolute Gasteiger partial charge is 0.292 e. The molecule has 90 valence electrons. The molecule has 0 bridgehead atoms. The van der Waals surface area contributed by atoms with Gasteiger partial charge >= 0.3 is 0 Å². The molecule has 7 nitrogen and oxygen atoms in total. The van der Waals surface area contributed by atoms with E-state index in [0.29, 0.717) is 0 Å².